The molecule has 0 saturated carbocycles. The SMILES string of the molecule is O=C(NCc1ccc(CN2CCCCC2)cc1)c1csc2c1CCCC2. The number of nitrogens with zero attached hydrogens (tertiary/aromatic N) is 1. The van der Waals surface area contributed by atoms with Crippen molar-refractivity contribution >= 4 is 17.2 Å². The Hall–Kier alpha value is -1.65. The molecule has 2 heterocycles. The average Bonchev–Trinajstić information content (AvgIpc) is 3.12. The second-order valence-electron chi connectivity index (χ2n) is 7.59. The molecule has 4 heteroatoms. The number of benzene rings is 1. The molecule has 0 bridgehead atoms. The first-order valence-corrected chi connectivity index (χ1v) is 10.9. The number of fused-ring (bicyclic) bond motifs is 1. The summed E-state index contributed by atoms with van der Waals surface area (Å²) >= 11 is 1.75. The highest BCUT2D eigenvalue weighted by molar-refractivity contribution is 7.10. The Morgan fingerprint density at radius 1 is 0.962 bits per heavy atom. The number of nitrogens with one attached hydrogen (secondary N) is 1. The van der Waals surface area contributed by atoms with Gasteiger partial charge in [-0.05, 0) is 68.3 Å². The molecule has 1 aromatic carbocycles. The predicted octanol–water partition coefficient (Wildman–Crippen LogP) is 4.54. The third-order valence-electron chi connectivity index (χ3n) is 5.64. The summed E-state index contributed by atoms with van der Waals surface area (Å²) in [7, 11) is 0. The van der Waals surface area contributed by atoms with Crippen LogP contribution in [0, 0.1) is 0 Å². The molecule has 2 aromatic rings. The lowest BCUT2D eigenvalue weighted by Gasteiger charge is -2.26. The number of amides is 1. The van der Waals surface area contributed by atoms with Gasteiger partial charge in [0.2, 0.25) is 0 Å². The van der Waals surface area contributed by atoms with Gasteiger partial charge in [0.05, 0.1) is 5.56 Å². The number of aryl methyl sites for hydroxylation is 1. The van der Waals surface area contributed by atoms with E-state index in [0.717, 1.165) is 24.9 Å². The fraction of sp³-hybridized carbons (Fsp3) is 0.500. The summed E-state index contributed by atoms with van der Waals surface area (Å²) in [6.45, 7) is 4.10. The minimum Gasteiger partial charge on any atom is -0.348 e. The van der Waals surface area contributed by atoms with E-state index in [2.05, 4.69) is 34.5 Å². The Bertz CT molecular complexity index is 744. The van der Waals surface area contributed by atoms with E-state index in [1.165, 1.54) is 66.8 Å². The Morgan fingerprint density at radius 3 is 2.50 bits per heavy atom. The van der Waals surface area contributed by atoms with E-state index in [0.29, 0.717) is 6.54 Å². The van der Waals surface area contributed by atoms with Crippen LogP contribution in [0.4, 0.5) is 0 Å². The normalized spacial score (nSPS) is 17.7. The molecule has 3 nitrogen and oxygen atoms in total. The van der Waals surface area contributed by atoms with Gasteiger partial charge in [0.15, 0.2) is 0 Å². The van der Waals surface area contributed by atoms with E-state index in [9.17, 15) is 4.79 Å². The summed E-state index contributed by atoms with van der Waals surface area (Å²) in [5.74, 6) is 0.0850. The molecule has 0 unspecified atom stereocenters. The van der Waals surface area contributed by atoms with Crippen LogP contribution in [-0.4, -0.2) is 23.9 Å². The van der Waals surface area contributed by atoms with Crippen molar-refractivity contribution in [1.29, 1.82) is 0 Å². The number of hydrogen-bond donors (Lipinski definition) is 1. The number of thiophene rings is 1. The minimum absolute atomic E-state index is 0.0850. The van der Waals surface area contributed by atoms with Crippen LogP contribution < -0.4 is 5.32 Å². The fourth-order valence-corrected chi connectivity index (χ4v) is 5.23. The fourth-order valence-electron chi connectivity index (χ4n) is 4.10. The Morgan fingerprint density at radius 2 is 1.69 bits per heavy atom. The molecule has 1 aliphatic carbocycles. The molecule has 1 amide bonds. The quantitative estimate of drug-likeness (QED) is 0.840. The maximum atomic E-state index is 12.6. The molecule has 1 N–H and O–H groups in total. The lowest BCUT2D eigenvalue weighted by Crippen LogP contribution is -2.29. The zero-order valence-corrected chi connectivity index (χ0v) is 16.2. The number of carbonyl (C=O) groups excluding carboxylic acids is 1. The number of carbonyl (C=O) groups is 1. The van der Waals surface area contributed by atoms with Crippen molar-refractivity contribution in [3.05, 3.63) is 56.8 Å². The largest absolute Gasteiger partial charge is 0.348 e. The van der Waals surface area contributed by atoms with E-state index in [1.54, 1.807) is 11.3 Å². The maximum Gasteiger partial charge on any atom is 0.252 e. The van der Waals surface area contributed by atoms with E-state index in [1.807, 2.05) is 5.38 Å². The van der Waals surface area contributed by atoms with E-state index in [-0.39, 0.29) is 5.91 Å². The Balaban J connectivity index is 1.31. The minimum atomic E-state index is 0.0850. The molecular weight excluding hydrogens is 340 g/mol. The zero-order chi connectivity index (χ0) is 17.8. The summed E-state index contributed by atoms with van der Waals surface area (Å²) in [6.07, 6.45) is 8.72. The number of rotatable bonds is 5. The van der Waals surface area contributed by atoms with Crippen molar-refractivity contribution < 1.29 is 4.79 Å². The van der Waals surface area contributed by atoms with Crippen LogP contribution in [0.15, 0.2) is 29.6 Å². The van der Waals surface area contributed by atoms with E-state index >= 15 is 0 Å². The second-order valence-corrected chi connectivity index (χ2v) is 8.56. The molecular formula is C22H28N2OS. The lowest BCUT2D eigenvalue weighted by molar-refractivity contribution is 0.0950. The average molecular weight is 369 g/mol. The van der Waals surface area contributed by atoms with Crippen LogP contribution in [0.1, 0.15) is 64.0 Å². The summed E-state index contributed by atoms with van der Waals surface area (Å²) < 4.78 is 0. The van der Waals surface area contributed by atoms with Crippen molar-refractivity contribution in [2.75, 3.05) is 13.1 Å². The second kappa shape index (κ2) is 8.36. The molecule has 4 rings (SSSR count). The van der Waals surface area contributed by atoms with Crippen molar-refractivity contribution in [2.24, 2.45) is 0 Å². The van der Waals surface area contributed by atoms with Crippen molar-refractivity contribution in [2.45, 2.75) is 58.0 Å². The molecule has 1 saturated heterocycles. The first kappa shape index (κ1) is 17.7. The van der Waals surface area contributed by atoms with Gasteiger partial charge in [0, 0.05) is 23.3 Å². The summed E-state index contributed by atoms with van der Waals surface area (Å²) in [5.41, 5.74) is 4.75. The topological polar surface area (TPSA) is 32.3 Å². The van der Waals surface area contributed by atoms with Crippen LogP contribution >= 0.6 is 11.3 Å². The highest BCUT2D eigenvalue weighted by Crippen LogP contribution is 2.30. The predicted molar refractivity (Wildman–Crippen MR) is 108 cm³/mol. The van der Waals surface area contributed by atoms with Gasteiger partial charge in [0.1, 0.15) is 0 Å². The number of piperidine rings is 1. The van der Waals surface area contributed by atoms with E-state index < -0.39 is 0 Å². The van der Waals surface area contributed by atoms with Gasteiger partial charge >= 0.3 is 0 Å². The summed E-state index contributed by atoms with van der Waals surface area (Å²) in [5, 5.41) is 5.16. The molecule has 2 aliphatic rings. The van der Waals surface area contributed by atoms with Gasteiger partial charge in [-0.1, -0.05) is 30.7 Å². The summed E-state index contributed by atoms with van der Waals surface area (Å²) in [4.78, 5) is 16.5. The monoisotopic (exact) mass is 368 g/mol. The van der Waals surface area contributed by atoms with Crippen molar-refractivity contribution in [1.82, 2.24) is 10.2 Å². The van der Waals surface area contributed by atoms with Crippen molar-refractivity contribution in [3.8, 4) is 0 Å². The van der Waals surface area contributed by atoms with Crippen LogP contribution in [0.2, 0.25) is 0 Å². The standard InChI is InChI=1S/C22H28N2OS/c25-22(20-16-26-21-7-3-2-6-19(20)21)23-14-17-8-10-18(11-9-17)15-24-12-4-1-5-13-24/h8-11,16H,1-7,12-15H2,(H,23,25). The zero-order valence-electron chi connectivity index (χ0n) is 15.4. The third kappa shape index (κ3) is 4.18. The van der Waals surface area contributed by atoms with Gasteiger partial charge in [-0.2, -0.15) is 0 Å². The molecule has 0 atom stereocenters. The summed E-state index contributed by atoms with van der Waals surface area (Å²) in [6, 6.07) is 8.73. The van der Waals surface area contributed by atoms with Gasteiger partial charge in [-0.25, -0.2) is 0 Å². The smallest absolute Gasteiger partial charge is 0.252 e. The highest BCUT2D eigenvalue weighted by atomic mass is 32.1. The van der Waals surface area contributed by atoms with Gasteiger partial charge in [-0.3, -0.25) is 9.69 Å². The lowest BCUT2D eigenvalue weighted by atomic mass is 9.95. The highest BCUT2D eigenvalue weighted by Gasteiger charge is 2.19. The van der Waals surface area contributed by atoms with Gasteiger partial charge in [-0.15, -0.1) is 11.3 Å². The van der Waals surface area contributed by atoms with Gasteiger partial charge < -0.3 is 5.32 Å². The molecule has 1 aromatic heterocycles. The van der Waals surface area contributed by atoms with Crippen LogP contribution in [0.5, 0.6) is 0 Å². The van der Waals surface area contributed by atoms with Crippen LogP contribution in [0.3, 0.4) is 0 Å². The van der Waals surface area contributed by atoms with Gasteiger partial charge in [0.25, 0.3) is 5.91 Å². The first-order chi connectivity index (χ1) is 12.8. The van der Waals surface area contributed by atoms with E-state index in [4.69, 9.17) is 0 Å². The molecule has 1 fully saturated rings. The molecule has 0 spiro atoms. The Labute approximate surface area is 160 Å². The number of hydrogen-bond acceptors (Lipinski definition) is 3. The van der Waals surface area contributed by atoms with Crippen LogP contribution in [0.25, 0.3) is 0 Å². The third-order valence-corrected chi connectivity index (χ3v) is 6.73. The Kier molecular flexibility index (Phi) is 5.71. The number of likely N-dealkylation sites (tertiary alicyclic amines) is 1. The molecule has 1 aliphatic heterocycles. The molecule has 138 valence electrons. The maximum absolute atomic E-state index is 12.6. The molecule has 0 radical (unpaired) electrons. The first-order valence-electron chi connectivity index (χ1n) is 9.97. The van der Waals surface area contributed by atoms with Crippen molar-refractivity contribution in [3.63, 3.8) is 0 Å². The molecule has 26 heavy (non-hydrogen) atoms. The van der Waals surface area contributed by atoms with Crippen LogP contribution in [-0.2, 0) is 25.9 Å².